The van der Waals surface area contributed by atoms with Gasteiger partial charge in [-0.2, -0.15) is 0 Å². The standard InChI is InChI=1S/C15H9Cl3N4OS/c16-9-2-1-3-10(7-9)19-14(23)20-15-22-21-13(24-15)8-4-5-11(17)12(18)6-8/h1-7H,(H2,19,20,22,23). The summed E-state index contributed by atoms with van der Waals surface area (Å²) in [5.74, 6) is 0. The van der Waals surface area contributed by atoms with Crippen molar-refractivity contribution in [3.63, 3.8) is 0 Å². The Morgan fingerprint density at radius 1 is 0.958 bits per heavy atom. The Morgan fingerprint density at radius 3 is 2.54 bits per heavy atom. The molecule has 3 aromatic rings. The van der Waals surface area contributed by atoms with Crippen LogP contribution in [0.2, 0.25) is 15.1 Å². The molecule has 5 nitrogen and oxygen atoms in total. The first kappa shape index (κ1) is 17.0. The third-order valence-electron chi connectivity index (χ3n) is 2.89. The van der Waals surface area contributed by atoms with E-state index in [0.717, 1.165) is 5.56 Å². The number of urea groups is 1. The summed E-state index contributed by atoms with van der Waals surface area (Å²) < 4.78 is 0. The number of aromatic nitrogens is 2. The van der Waals surface area contributed by atoms with Gasteiger partial charge in [0.25, 0.3) is 0 Å². The van der Waals surface area contributed by atoms with Crippen LogP contribution in [0.15, 0.2) is 42.5 Å². The van der Waals surface area contributed by atoms with Gasteiger partial charge in [0.2, 0.25) is 5.13 Å². The molecule has 0 aliphatic carbocycles. The van der Waals surface area contributed by atoms with Gasteiger partial charge in [0.15, 0.2) is 0 Å². The second-order valence-corrected chi connectivity index (χ2v) is 6.86. The first-order valence-corrected chi connectivity index (χ1v) is 8.59. The van der Waals surface area contributed by atoms with E-state index in [1.165, 1.54) is 11.3 Å². The summed E-state index contributed by atoms with van der Waals surface area (Å²) in [4.78, 5) is 12.0. The Kier molecular flexibility index (Phi) is 5.20. The molecule has 0 fully saturated rings. The molecule has 9 heteroatoms. The van der Waals surface area contributed by atoms with Gasteiger partial charge in [-0.25, -0.2) is 4.79 Å². The fourth-order valence-corrected chi connectivity index (χ4v) is 3.07. The molecule has 0 aliphatic rings. The SMILES string of the molecule is O=C(Nc1cccc(Cl)c1)Nc1nnc(-c2ccc(Cl)c(Cl)c2)s1. The minimum Gasteiger partial charge on any atom is -0.308 e. The largest absolute Gasteiger partial charge is 0.325 e. The smallest absolute Gasteiger partial charge is 0.308 e. The first-order chi connectivity index (χ1) is 11.5. The van der Waals surface area contributed by atoms with Crippen LogP contribution in [0.5, 0.6) is 0 Å². The van der Waals surface area contributed by atoms with Gasteiger partial charge in [-0.3, -0.25) is 5.32 Å². The highest BCUT2D eigenvalue weighted by molar-refractivity contribution is 7.18. The molecule has 0 unspecified atom stereocenters. The molecule has 0 atom stereocenters. The molecule has 0 aliphatic heterocycles. The van der Waals surface area contributed by atoms with E-state index < -0.39 is 6.03 Å². The van der Waals surface area contributed by atoms with Crippen LogP contribution in [0.4, 0.5) is 15.6 Å². The van der Waals surface area contributed by atoms with Crippen molar-refractivity contribution in [2.45, 2.75) is 0 Å². The molecule has 2 N–H and O–H groups in total. The average molecular weight is 400 g/mol. The van der Waals surface area contributed by atoms with Gasteiger partial charge in [-0.05, 0) is 30.3 Å². The Balaban J connectivity index is 1.69. The molecule has 1 aromatic heterocycles. The van der Waals surface area contributed by atoms with E-state index >= 15 is 0 Å². The van der Waals surface area contributed by atoms with Crippen LogP contribution in [0.1, 0.15) is 0 Å². The fraction of sp³-hybridized carbons (Fsp3) is 0. The maximum absolute atomic E-state index is 12.0. The van der Waals surface area contributed by atoms with Crippen LogP contribution in [0.3, 0.4) is 0 Å². The average Bonchev–Trinajstić information content (AvgIpc) is 2.98. The summed E-state index contributed by atoms with van der Waals surface area (Å²) in [5, 5.41) is 15.7. The van der Waals surface area contributed by atoms with Crippen molar-refractivity contribution in [1.29, 1.82) is 0 Å². The van der Waals surface area contributed by atoms with Gasteiger partial charge in [0.1, 0.15) is 5.01 Å². The first-order valence-electron chi connectivity index (χ1n) is 6.64. The molecule has 0 saturated carbocycles. The van der Waals surface area contributed by atoms with Gasteiger partial charge in [0.05, 0.1) is 10.0 Å². The van der Waals surface area contributed by atoms with Gasteiger partial charge in [0, 0.05) is 16.3 Å². The summed E-state index contributed by atoms with van der Waals surface area (Å²) in [5.41, 5.74) is 1.35. The Morgan fingerprint density at radius 2 is 1.79 bits per heavy atom. The van der Waals surface area contributed by atoms with Crippen molar-refractivity contribution in [2.24, 2.45) is 0 Å². The van der Waals surface area contributed by atoms with E-state index in [1.54, 1.807) is 42.5 Å². The zero-order chi connectivity index (χ0) is 17.1. The van der Waals surface area contributed by atoms with Crippen LogP contribution >= 0.6 is 46.1 Å². The van der Waals surface area contributed by atoms with Crippen molar-refractivity contribution in [2.75, 3.05) is 10.6 Å². The Bertz CT molecular complexity index is 900. The predicted octanol–water partition coefficient (Wildman–Crippen LogP) is 5.81. The van der Waals surface area contributed by atoms with Gasteiger partial charge < -0.3 is 5.32 Å². The molecule has 1 heterocycles. The van der Waals surface area contributed by atoms with E-state index in [4.69, 9.17) is 34.8 Å². The minimum absolute atomic E-state index is 0.357. The van der Waals surface area contributed by atoms with Crippen molar-refractivity contribution in [1.82, 2.24) is 10.2 Å². The van der Waals surface area contributed by atoms with Crippen LogP contribution < -0.4 is 10.6 Å². The van der Waals surface area contributed by atoms with E-state index in [-0.39, 0.29) is 0 Å². The number of benzene rings is 2. The fourth-order valence-electron chi connectivity index (χ4n) is 1.85. The van der Waals surface area contributed by atoms with Crippen LogP contribution in [0, 0.1) is 0 Å². The second kappa shape index (κ2) is 7.36. The number of anilines is 2. The molecule has 0 saturated heterocycles. The number of hydrogen-bond donors (Lipinski definition) is 2. The number of amides is 2. The molecule has 2 amide bonds. The topological polar surface area (TPSA) is 66.9 Å². The second-order valence-electron chi connectivity index (χ2n) is 4.63. The molecular weight excluding hydrogens is 391 g/mol. The third kappa shape index (κ3) is 4.15. The minimum atomic E-state index is -0.436. The monoisotopic (exact) mass is 398 g/mol. The molecule has 0 bridgehead atoms. The lowest BCUT2D eigenvalue weighted by molar-refractivity contribution is 0.262. The van der Waals surface area contributed by atoms with Gasteiger partial charge >= 0.3 is 6.03 Å². The number of halogens is 3. The molecule has 122 valence electrons. The molecule has 0 radical (unpaired) electrons. The zero-order valence-corrected chi connectivity index (χ0v) is 15.0. The number of nitrogens with zero attached hydrogens (tertiary/aromatic N) is 2. The highest BCUT2D eigenvalue weighted by Crippen LogP contribution is 2.31. The molecule has 24 heavy (non-hydrogen) atoms. The lowest BCUT2D eigenvalue weighted by Gasteiger charge is -2.04. The lowest BCUT2D eigenvalue weighted by atomic mass is 10.2. The Hall–Kier alpha value is -1.86. The number of carbonyl (C=O) groups excluding carboxylic acids is 1. The van der Waals surface area contributed by atoms with Gasteiger partial charge in [-0.15, -0.1) is 10.2 Å². The van der Waals surface area contributed by atoms with Crippen molar-refractivity contribution in [3.8, 4) is 10.6 Å². The number of hydrogen-bond acceptors (Lipinski definition) is 4. The van der Waals surface area contributed by atoms with Crippen LogP contribution in [-0.2, 0) is 0 Å². The highest BCUT2D eigenvalue weighted by Gasteiger charge is 2.11. The third-order valence-corrected chi connectivity index (χ3v) is 4.76. The quantitative estimate of drug-likeness (QED) is 0.584. The van der Waals surface area contributed by atoms with E-state index in [1.807, 2.05) is 0 Å². The predicted molar refractivity (Wildman–Crippen MR) is 99.5 cm³/mol. The van der Waals surface area contributed by atoms with Crippen LogP contribution in [0.25, 0.3) is 10.6 Å². The summed E-state index contributed by atoms with van der Waals surface area (Å²) >= 11 is 19.0. The lowest BCUT2D eigenvalue weighted by Crippen LogP contribution is -2.19. The van der Waals surface area contributed by atoms with Crippen molar-refractivity contribution in [3.05, 3.63) is 57.5 Å². The maximum atomic E-state index is 12.0. The van der Waals surface area contributed by atoms with E-state index in [9.17, 15) is 4.79 Å². The number of rotatable bonds is 3. The zero-order valence-electron chi connectivity index (χ0n) is 11.9. The summed E-state index contributed by atoms with van der Waals surface area (Å²) in [6, 6.07) is 11.6. The van der Waals surface area contributed by atoms with Crippen molar-refractivity contribution >= 4 is 63.0 Å². The molecule has 0 spiro atoms. The Labute approximate surface area is 156 Å². The molecule has 2 aromatic carbocycles. The summed E-state index contributed by atoms with van der Waals surface area (Å²) in [7, 11) is 0. The summed E-state index contributed by atoms with van der Waals surface area (Å²) in [6.07, 6.45) is 0. The number of nitrogens with one attached hydrogen (secondary N) is 2. The maximum Gasteiger partial charge on any atom is 0.325 e. The van der Waals surface area contributed by atoms with E-state index in [0.29, 0.717) is 30.9 Å². The van der Waals surface area contributed by atoms with Gasteiger partial charge in [-0.1, -0.05) is 58.3 Å². The normalized spacial score (nSPS) is 10.5. The number of carbonyl (C=O) groups is 1. The highest BCUT2D eigenvalue weighted by atomic mass is 35.5. The summed E-state index contributed by atoms with van der Waals surface area (Å²) in [6.45, 7) is 0. The molecule has 3 rings (SSSR count). The van der Waals surface area contributed by atoms with Crippen LogP contribution in [-0.4, -0.2) is 16.2 Å². The molecular formula is C15H9Cl3N4OS. The van der Waals surface area contributed by atoms with Crippen molar-refractivity contribution < 1.29 is 4.79 Å². The van der Waals surface area contributed by atoms with E-state index in [2.05, 4.69) is 20.8 Å².